The van der Waals surface area contributed by atoms with Crippen LogP contribution in [0.4, 0.5) is 0 Å². The van der Waals surface area contributed by atoms with E-state index in [1.807, 2.05) is 0 Å². The second kappa shape index (κ2) is 4.47. The number of hydrogen-bond acceptors (Lipinski definition) is 0. The van der Waals surface area contributed by atoms with Crippen molar-refractivity contribution in [2.24, 2.45) is 0 Å². The highest BCUT2D eigenvalue weighted by atomic mass is 14.5. The van der Waals surface area contributed by atoms with E-state index in [9.17, 15) is 0 Å². The monoisotopic (exact) mass is 278 g/mol. The maximum Gasteiger partial charge on any atom is 0.0186 e. The van der Waals surface area contributed by atoms with Gasteiger partial charge in [-0.05, 0) is 60.4 Å². The van der Waals surface area contributed by atoms with Crippen molar-refractivity contribution in [3.63, 3.8) is 0 Å². The first-order chi connectivity index (χ1) is 9.74. The van der Waals surface area contributed by atoms with E-state index in [4.69, 9.17) is 0 Å². The molecule has 0 saturated heterocycles. The highest BCUT2D eigenvalue weighted by molar-refractivity contribution is 5.54. The molecule has 0 aliphatic heterocycles. The molecule has 0 heterocycles. The van der Waals surface area contributed by atoms with Crippen LogP contribution in [-0.2, 0) is 10.8 Å². The zero-order valence-electron chi connectivity index (χ0n) is 14.2. The third-order valence-corrected chi connectivity index (χ3v) is 5.44. The third-order valence-electron chi connectivity index (χ3n) is 5.44. The van der Waals surface area contributed by atoms with E-state index in [2.05, 4.69) is 77.9 Å². The lowest BCUT2D eigenvalue weighted by molar-refractivity contribution is 0.425. The van der Waals surface area contributed by atoms with E-state index < -0.39 is 0 Å². The normalized spacial score (nSPS) is 23.1. The number of fused-ring (bicyclic) bond motifs is 1. The average molecular weight is 278 g/mol. The number of rotatable bonds is 1. The van der Waals surface area contributed by atoms with E-state index in [0.29, 0.717) is 0 Å². The molecule has 0 heteroatoms. The van der Waals surface area contributed by atoms with Gasteiger partial charge in [0, 0.05) is 5.41 Å². The van der Waals surface area contributed by atoms with Gasteiger partial charge in [0.1, 0.15) is 0 Å². The first-order valence-corrected chi connectivity index (χ1v) is 7.93. The molecule has 2 aromatic rings. The summed E-state index contributed by atoms with van der Waals surface area (Å²) in [6, 6.07) is 14.0. The van der Waals surface area contributed by atoms with E-state index in [0.717, 1.165) is 0 Å². The maximum atomic E-state index is 2.43. The van der Waals surface area contributed by atoms with Gasteiger partial charge < -0.3 is 0 Å². The molecule has 0 aromatic heterocycles. The summed E-state index contributed by atoms with van der Waals surface area (Å²) >= 11 is 0. The van der Waals surface area contributed by atoms with E-state index in [1.165, 1.54) is 39.8 Å². The summed E-state index contributed by atoms with van der Waals surface area (Å²) in [7, 11) is 0. The Bertz CT molecular complexity index is 689. The van der Waals surface area contributed by atoms with Gasteiger partial charge in [0.25, 0.3) is 0 Å². The highest BCUT2D eigenvalue weighted by Gasteiger charge is 2.45. The second-order valence-electron chi connectivity index (χ2n) is 7.74. The lowest BCUT2D eigenvalue weighted by atomic mass is 9.75. The number of benzene rings is 2. The van der Waals surface area contributed by atoms with Crippen molar-refractivity contribution in [1.82, 2.24) is 0 Å². The minimum atomic E-state index is 0.130. The van der Waals surface area contributed by atoms with E-state index in [-0.39, 0.29) is 10.8 Å². The van der Waals surface area contributed by atoms with Crippen LogP contribution in [0.15, 0.2) is 36.4 Å². The molecule has 2 aromatic carbocycles. The summed E-state index contributed by atoms with van der Waals surface area (Å²) in [5, 5.41) is 0. The highest BCUT2D eigenvalue weighted by Crippen LogP contribution is 2.53. The summed E-state index contributed by atoms with van der Waals surface area (Å²) in [6.07, 6.45) is 1.18. The predicted molar refractivity (Wildman–Crippen MR) is 91.2 cm³/mol. The second-order valence-corrected chi connectivity index (χ2v) is 7.74. The maximum absolute atomic E-state index is 2.43. The Morgan fingerprint density at radius 3 is 1.86 bits per heavy atom. The minimum Gasteiger partial charge on any atom is -0.0590 e. The Morgan fingerprint density at radius 2 is 1.29 bits per heavy atom. The molecule has 0 saturated carbocycles. The molecule has 110 valence electrons. The van der Waals surface area contributed by atoms with Gasteiger partial charge in [-0.2, -0.15) is 0 Å². The smallest absolute Gasteiger partial charge is 0.0186 e. The summed E-state index contributed by atoms with van der Waals surface area (Å²) in [5.74, 6) is 0. The van der Waals surface area contributed by atoms with Crippen LogP contribution in [0.3, 0.4) is 0 Å². The van der Waals surface area contributed by atoms with Crippen molar-refractivity contribution < 1.29 is 0 Å². The topological polar surface area (TPSA) is 0 Å². The quantitative estimate of drug-likeness (QED) is 0.637. The Balaban J connectivity index is 2.24. The van der Waals surface area contributed by atoms with Crippen molar-refractivity contribution >= 4 is 0 Å². The fraction of sp³-hybridized carbons (Fsp3) is 0.429. The zero-order chi connectivity index (χ0) is 15.4. The van der Waals surface area contributed by atoms with Crippen molar-refractivity contribution in [2.45, 2.75) is 58.8 Å². The number of aryl methyl sites for hydroxylation is 3. The van der Waals surface area contributed by atoms with Crippen LogP contribution in [0.25, 0.3) is 0 Å². The molecule has 0 nitrogen and oxygen atoms in total. The largest absolute Gasteiger partial charge is 0.0590 e. The summed E-state index contributed by atoms with van der Waals surface area (Å²) in [5.41, 5.74) is 9.04. The Morgan fingerprint density at radius 1 is 0.762 bits per heavy atom. The molecular weight excluding hydrogens is 252 g/mol. The van der Waals surface area contributed by atoms with Crippen molar-refractivity contribution in [3.8, 4) is 0 Å². The minimum absolute atomic E-state index is 0.130. The van der Waals surface area contributed by atoms with Crippen molar-refractivity contribution in [2.75, 3.05) is 0 Å². The Kier molecular flexibility index (Phi) is 3.06. The Hall–Kier alpha value is -1.56. The van der Waals surface area contributed by atoms with Crippen LogP contribution in [0.2, 0.25) is 0 Å². The zero-order valence-corrected chi connectivity index (χ0v) is 14.2. The molecule has 0 amide bonds. The molecule has 1 aliphatic carbocycles. The SMILES string of the molecule is Cc1ccc(C2(C)CC(C)(C)c3cc(C)c(C)cc32)cc1. The van der Waals surface area contributed by atoms with Crippen LogP contribution in [0.1, 0.15) is 60.6 Å². The van der Waals surface area contributed by atoms with Gasteiger partial charge in [-0.25, -0.2) is 0 Å². The van der Waals surface area contributed by atoms with Gasteiger partial charge in [-0.3, -0.25) is 0 Å². The molecule has 1 aliphatic rings. The molecule has 0 N–H and O–H groups in total. The van der Waals surface area contributed by atoms with E-state index >= 15 is 0 Å². The van der Waals surface area contributed by atoms with Crippen LogP contribution in [0, 0.1) is 20.8 Å². The molecule has 3 rings (SSSR count). The van der Waals surface area contributed by atoms with Gasteiger partial charge in [0.2, 0.25) is 0 Å². The molecule has 0 bridgehead atoms. The van der Waals surface area contributed by atoms with Crippen LogP contribution >= 0.6 is 0 Å². The molecule has 1 atom stereocenters. The van der Waals surface area contributed by atoms with E-state index in [1.54, 1.807) is 0 Å². The molecule has 0 spiro atoms. The fourth-order valence-corrected chi connectivity index (χ4v) is 4.09. The first-order valence-electron chi connectivity index (χ1n) is 7.93. The molecule has 1 unspecified atom stereocenters. The van der Waals surface area contributed by atoms with Crippen molar-refractivity contribution in [1.29, 1.82) is 0 Å². The third kappa shape index (κ3) is 2.12. The van der Waals surface area contributed by atoms with Gasteiger partial charge in [-0.15, -0.1) is 0 Å². The first kappa shape index (κ1) is 14.4. The molecule has 0 fully saturated rings. The summed E-state index contributed by atoms with van der Waals surface area (Å²) in [6.45, 7) is 13.8. The van der Waals surface area contributed by atoms with Gasteiger partial charge in [0.05, 0.1) is 0 Å². The average Bonchev–Trinajstić information content (AvgIpc) is 2.59. The lowest BCUT2D eigenvalue weighted by Gasteiger charge is -2.28. The molecule has 21 heavy (non-hydrogen) atoms. The van der Waals surface area contributed by atoms with Gasteiger partial charge >= 0.3 is 0 Å². The Labute approximate surface area is 129 Å². The predicted octanol–water partition coefficient (Wildman–Crippen LogP) is 5.60. The molecular formula is C21H26. The van der Waals surface area contributed by atoms with Crippen LogP contribution in [0.5, 0.6) is 0 Å². The molecule has 0 radical (unpaired) electrons. The van der Waals surface area contributed by atoms with Crippen LogP contribution < -0.4 is 0 Å². The van der Waals surface area contributed by atoms with Crippen LogP contribution in [-0.4, -0.2) is 0 Å². The lowest BCUT2D eigenvalue weighted by Crippen LogP contribution is -2.23. The fourth-order valence-electron chi connectivity index (χ4n) is 4.09. The number of hydrogen-bond donors (Lipinski definition) is 0. The van der Waals surface area contributed by atoms with Crippen molar-refractivity contribution in [3.05, 3.63) is 69.8 Å². The van der Waals surface area contributed by atoms with Gasteiger partial charge in [-0.1, -0.05) is 62.7 Å². The summed E-state index contributed by atoms with van der Waals surface area (Å²) < 4.78 is 0. The standard InChI is InChI=1S/C21H26/c1-14-7-9-17(10-8-14)21(6)13-20(4,5)18-11-15(2)16(3)12-19(18)21/h7-12H,13H2,1-6H3. The van der Waals surface area contributed by atoms with Gasteiger partial charge in [0.15, 0.2) is 0 Å². The summed E-state index contributed by atoms with van der Waals surface area (Å²) in [4.78, 5) is 0.